The zero-order valence-electron chi connectivity index (χ0n) is 8.08. The van der Waals surface area contributed by atoms with Gasteiger partial charge in [0, 0.05) is 6.54 Å². The molecule has 5 N–H and O–H groups in total. The largest absolute Gasteiger partial charge is 0.393 e. The van der Waals surface area contributed by atoms with Gasteiger partial charge >= 0.3 is 0 Å². The number of hydrogen-bond acceptors (Lipinski definition) is 4. The van der Waals surface area contributed by atoms with Crippen LogP contribution in [0.2, 0.25) is 0 Å². The fourth-order valence-electron chi connectivity index (χ4n) is 0.650. The molecule has 0 rings (SSSR count). The molecule has 0 aliphatic heterocycles. The summed E-state index contributed by atoms with van der Waals surface area (Å²) in [6.45, 7) is 2.85. The van der Waals surface area contributed by atoms with Gasteiger partial charge in [0.15, 0.2) is 0 Å². The van der Waals surface area contributed by atoms with Crippen LogP contribution in [-0.4, -0.2) is 40.9 Å². The molecule has 5 nitrogen and oxygen atoms in total. The summed E-state index contributed by atoms with van der Waals surface area (Å²) in [4.78, 5) is 11.1. The van der Waals surface area contributed by atoms with E-state index in [1.807, 2.05) is 0 Å². The van der Waals surface area contributed by atoms with Crippen LogP contribution in [0, 0.1) is 0 Å². The third-order valence-electron chi connectivity index (χ3n) is 1.76. The average molecular weight is 190 g/mol. The van der Waals surface area contributed by atoms with E-state index in [1.54, 1.807) is 6.92 Å². The summed E-state index contributed by atoms with van der Waals surface area (Å²) in [6.07, 6.45) is 0.549. The van der Waals surface area contributed by atoms with Gasteiger partial charge in [-0.2, -0.15) is 0 Å². The molecule has 2 atom stereocenters. The molecule has 78 valence electrons. The molecule has 0 aromatic rings. The average Bonchev–Trinajstić information content (AvgIpc) is 2.13. The minimum absolute atomic E-state index is 0.00995. The molecule has 0 aromatic heterocycles. The number of aliphatic hydroxyl groups is 2. The van der Waals surface area contributed by atoms with Crippen molar-refractivity contribution in [2.75, 3.05) is 13.2 Å². The number of nitrogens with one attached hydrogen (secondary N) is 1. The normalized spacial score (nSPS) is 17.6. The highest BCUT2D eigenvalue weighted by Gasteiger charge is 2.21. The van der Waals surface area contributed by atoms with Crippen molar-refractivity contribution in [1.82, 2.24) is 5.32 Å². The Hall–Kier alpha value is -0.650. The van der Waals surface area contributed by atoms with Crippen LogP contribution in [0.4, 0.5) is 0 Å². The molecular weight excluding hydrogens is 172 g/mol. The fraction of sp³-hybridized carbons (Fsp3) is 0.875. The van der Waals surface area contributed by atoms with Crippen LogP contribution in [0.3, 0.4) is 0 Å². The predicted molar refractivity (Wildman–Crippen MR) is 49.0 cm³/mol. The standard InChI is InChI=1S/C8H18N2O3/c1-3-6(9)7(12)10-4-8(2,13)5-11/h6,11,13H,3-5,9H2,1-2H3,(H,10,12)/t6-,8?/m0/s1. The van der Waals surface area contributed by atoms with Crippen LogP contribution in [0.5, 0.6) is 0 Å². The molecule has 1 unspecified atom stereocenters. The molecule has 0 spiro atoms. The lowest BCUT2D eigenvalue weighted by Gasteiger charge is -2.21. The quantitative estimate of drug-likeness (QED) is 0.428. The third-order valence-corrected chi connectivity index (χ3v) is 1.76. The molecule has 0 heterocycles. The van der Waals surface area contributed by atoms with Gasteiger partial charge in [-0.25, -0.2) is 0 Å². The molecular formula is C8H18N2O3. The van der Waals surface area contributed by atoms with Crippen molar-refractivity contribution < 1.29 is 15.0 Å². The Bertz CT molecular complexity index is 171. The van der Waals surface area contributed by atoms with Gasteiger partial charge in [-0.1, -0.05) is 6.92 Å². The van der Waals surface area contributed by atoms with Gasteiger partial charge in [0.05, 0.1) is 12.6 Å². The van der Waals surface area contributed by atoms with Crippen LogP contribution in [0.25, 0.3) is 0 Å². The minimum atomic E-state index is -1.27. The van der Waals surface area contributed by atoms with E-state index < -0.39 is 18.2 Å². The number of carbonyl (C=O) groups excluding carboxylic acids is 1. The van der Waals surface area contributed by atoms with E-state index in [2.05, 4.69) is 5.32 Å². The Kier molecular flexibility index (Phi) is 4.90. The molecule has 0 saturated carbocycles. The monoisotopic (exact) mass is 190 g/mol. The summed E-state index contributed by atoms with van der Waals surface area (Å²) in [5.74, 6) is -0.309. The Morgan fingerprint density at radius 2 is 2.23 bits per heavy atom. The number of hydrogen-bond donors (Lipinski definition) is 4. The lowest BCUT2D eigenvalue weighted by molar-refractivity contribution is -0.123. The number of rotatable bonds is 5. The SMILES string of the molecule is CC[C@H](N)C(=O)NCC(C)(O)CO. The van der Waals surface area contributed by atoms with Gasteiger partial charge in [-0.15, -0.1) is 0 Å². The van der Waals surface area contributed by atoms with Gasteiger partial charge in [-0.05, 0) is 13.3 Å². The molecule has 0 fully saturated rings. The molecule has 13 heavy (non-hydrogen) atoms. The molecule has 1 amide bonds. The van der Waals surface area contributed by atoms with E-state index in [4.69, 9.17) is 10.8 Å². The Balaban J connectivity index is 3.83. The highest BCUT2D eigenvalue weighted by Crippen LogP contribution is 1.98. The maximum absolute atomic E-state index is 11.1. The maximum atomic E-state index is 11.1. The first-order chi connectivity index (χ1) is 5.93. The molecule has 0 aromatic carbocycles. The predicted octanol–water partition coefficient (Wildman–Crippen LogP) is -1.42. The van der Waals surface area contributed by atoms with E-state index >= 15 is 0 Å². The molecule has 0 bridgehead atoms. The third kappa shape index (κ3) is 4.82. The summed E-state index contributed by atoms with van der Waals surface area (Å²) < 4.78 is 0. The molecule has 0 saturated heterocycles. The lowest BCUT2D eigenvalue weighted by atomic mass is 10.1. The second-order valence-electron chi connectivity index (χ2n) is 3.39. The molecule has 0 aliphatic carbocycles. The number of carbonyl (C=O) groups is 1. The van der Waals surface area contributed by atoms with Gasteiger partial charge in [0.2, 0.25) is 5.91 Å². The fourth-order valence-corrected chi connectivity index (χ4v) is 0.650. The second kappa shape index (κ2) is 5.16. The number of aliphatic hydroxyl groups excluding tert-OH is 1. The van der Waals surface area contributed by atoms with Crippen molar-refractivity contribution >= 4 is 5.91 Å². The first kappa shape index (κ1) is 12.3. The van der Waals surface area contributed by atoms with Crippen LogP contribution in [-0.2, 0) is 4.79 Å². The molecule has 0 aliphatic rings. The van der Waals surface area contributed by atoms with Crippen LogP contribution in [0.1, 0.15) is 20.3 Å². The number of amides is 1. The van der Waals surface area contributed by atoms with Crippen molar-refractivity contribution in [3.63, 3.8) is 0 Å². The van der Waals surface area contributed by atoms with Crippen molar-refractivity contribution in [2.24, 2.45) is 5.73 Å². The van der Waals surface area contributed by atoms with E-state index in [0.717, 1.165) is 0 Å². The highest BCUT2D eigenvalue weighted by atomic mass is 16.3. The summed E-state index contributed by atoms with van der Waals surface area (Å²) in [6, 6.07) is -0.547. The first-order valence-corrected chi connectivity index (χ1v) is 4.29. The van der Waals surface area contributed by atoms with Crippen molar-refractivity contribution in [1.29, 1.82) is 0 Å². The Labute approximate surface area is 77.9 Å². The number of nitrogens with two attached hydrogens (primary N) is 1. The zero-order chi connectivity index (χ0) is 10.5. The lowest BCUT2D eigenvalue weighted by Crippen LogP contribution is -2.48. The van der Waals surface area contributed by atoms with Crippen molar-refractivity contribution in [3.8, 4) is 0 Å². The van der Waals surface area contributed by atoms with Crippen molar-refractivity contribution in [3.05, 3.63) is 0 Å². The van der Waals surface area contributed by atoms with Crippen LogP contribution >= 0.6 is 0 Å². The van der Waals surface area contributed by atoms with E-state index in [0.29, 0.717) is 6.42 Å². The maximum Gasteiger partial charge on any atom is 0.237 e. The van der Waals surface area contributed by atoms with E-state index in [1.165, 1.54) is 6.92 Å². The van der Waals surface area contributed by atoms with Gasteiger partial charge < -0.3 is 21.3 Å². The smallest absolute Gasteiger partial charge is 0.237 e. The zero-order valence-corrected chi connectivity index (χ0v) is 8.08. The first-order valence-electron chi connectivity index (χ1n) is 4.29. The summed E-state index contributed by atoms with van der Waals surface area (Å²) in [7, 11) is 0. The van der Waals surface area contributed by atoms with Crippen LogP contribution < -0.4 is 11.1 Å². The Morgan fingerprint density at radius 3 is 2.62 bits per heavy atom. The molecule has 5 heteroatoms. The summed E-state index contributed by atoms with van der Waals surface area (Å²) in [5.41, 5.74) is 4.16. The van der Waals surface area contributed by atoms with E-state index in [9.17, 15) is 9.90 Å². The van der Waals surface area contributed by atoms with Crippen molar-refractivity contribution in [2.45, 2.75) is 31.9 Å². The second-order valence-corrected chi connectivity index (χ2v) is 3.39. The molecule has 0 radical (unpaired) electrons. The minimum Gasteiger partial charge on any atom is -0.393 e. The summed E-state index contributed by atoms with van der Waals surface area (Å²) >= 11 is 0. The van der Waals surface area contributed by atoms with Gasteiger partial charge in [0.1, 0.15) is 5.60 Å². The van der Waals surface area contributed by atoms with Gasteiger partial charge in [-0.3, -0.25) is 4.79 Å². The van der Waals surface area contributed by atoms with Gasteiger partial charge in [0.25, 0.3) is 0 Å². The Morgan fingerprint density at radius 1 is 1.69 bits per heavy atom. The highest BCUT2D eigenvalue weighted by molar-refractivity contribution is 5.81. The summed E-state index contributed by atoms with van der Waals surface area (Å²) in [5, 5.41) is 20.4. The van der Waals surface area contributed by atoms with E-state index in [-0.39, 0.29) is 12.5 Å². The van der Waals surface area contributed by atoms with Crippen LogP contribution in [0.15, 0.2) is 0 Å². The topological polar surface area (TPSA) is 95.6 Å².